The number of nitro benzene ring substituents is 1. The second-order valence-corrected chi connectivity index (χ2v) is 4.90. The molecule has 0 aromatic heterocycles. The maximum atomic E-state index is 13.6. The van der Waals surface area contributed by atoms with Crippen molar-refractivity contribution in [3.63, 3.8) is 0 Å². The number of piperidine rings is 1. The summed E-state index contributed by atoms with van der Waals surface area (Å²) in [5, 5.41) is 17.5. The fraction of sp³-hybridized carbons (Fsp3) is 0.538. The highest BCUT2D eigenvalue weighted by Gasteiger charge is 2.25. The standard InChI is InChI=1S/C13H18FN3O3/c1-8-10(4-3-5-15-8)16-11-7-13(20-2)9(14)6-12(11)17(18)19/h6-8,10,15-16H,3-5H2,1-2H3. The zero-order valence-electron chi connectivity index (χ0n) is 11.5. The van der Waals surface area contributed by atoms with Crippen LogP contribution in [0.4, 0.5) is 15.8 Å². The highest BCUT2D eigenvalue weighted by Crippen LogP contribution is 2.33. The number of nitrogens with one attached hydrogen (secondary N) is 2. The van der Waals surface area contributed by atoms with Crippen molar-refractivity contribution in [2.75, 3.05) is 19.0 Å². The summed E-state index contributed by atoms with van der Waals surface area (Å²) in [7, 11) is 1.33. The minimum atomic E-state index is -0.737. The number of methoxy groups -OCH3 is 1. The number of hydrogen-bond donors (Lipinski definition) is 2. The molecule has 1 heterocycles. The minimum absolute atomic E-state index is 0.00507. The van der Waals surface area contributed by atoms with Gasteiger partial charge < -0.3 is 15.4 Å². The highest BCUT2D eigenvalue weighted by molar-refractivity contribution is 5.65. The van der Waals surface area contributed by atoms with Crippen molar-refractivity contribution in [2.24, 2.45) is 0 Å². The normalized spacial score (nSPS) is 22.4. The zero-order chi connectivity index (χ0) is 14.7. The molecule has 0 saturated carbocycles. The molecule has 7 heteroatoms. The molecule has 2 unspecified atom stereocenters. The van der Waals surface area contributed by atoms with Crippen LogP contribution >= 0.6 is 0 Å². The van der Waals surface area contributed by atoms with E-state index in [0.717, 1.165) is 25.5 Å². The topological polar surface area (TPSA) is 76.4 Å². The summed E-state index contributed by atoms with van der Waals surface area (Å²) in [5.41, 5.74) is 0.00914. The molecular formula is C13H18FN3O3. The molecule has 1 aromatic rings. The van der Waals surface area contributed by atoms with E-state index in [0.29, 0.717) is 0 Å². The lowest BCUT2D eigenvalue weighted by Crippen LogP contribution is -2.46. The Morgan fingerprint density at radius 3 is 2.90 bits per heavy atom. The van der Waals surface area contributed by atoms with Crippen LogP contribution in [-0.2, 0) is 0 Å². The SMILES string of the molecule is COc1cc(NC2CCCNC2C)c([N+](=O)[O-])cc1F. The first-order valence-electron chi connectivity index (χ1n) is 6.54. The van der Waals surface area contributed by atoms with E-state index in [-0.39, 0.29) is 29.2 Å². The lowest BCUT2D eigenvalue weighted by atomic mass is 9.99. The Kier molecular flexibility index (Phi) is 4.39. The molecular weight excluding hydrogens is 265 g/mol. The lowest BCUT2D eigenvalue weighted by molar-refractivity contribution is -0.384. The van der Waals surface area contributed by atoms with Crippen LogP contribution in [0.1, 0.15) is 19.8 Å². The van der Waals surface area contributed by atoms with Crippen molar-refractivity contribution in [1.29, 1.82) is 0 Å². The molecule has 110 valence electrons. The van der Waals surface area contributed by atoms with Gasteiger partial charge in [-0.2, -0.15) is 0 Å². The number of benzene rings is 1. The van der Waals surface area contributed by atoms with E-state index in [1.54, 1.807) is 0 Å². The maximum Gasteiger partial charge on any atom is 0.295 e. The summed E-state index contributed by atoms with van der Waals surface area (Å²) in [6.07, 6.45) is 1.90. The molecule has 20 heavy (non-hydrogen) atoms. The first-order valence-corrected chi connectivity index (χ1v) is 6.54. The quantitative estimate of drug-likeness (QED) is 0.655. The van der Waals surface area contributed by atoms with Gasteiger partial charge in [0.25, 0.3) is 5.69 Å². The third-order valence-electron chi connectivity index (χ3n) is 3.57. The zero-order valence-corrected chi connectivity index (χ0v) is 11.5. The second kappa shape index (κ2) is 6.04. The molecule has 0 radical (unpaired) electrons. The van der Waals surface area contributed by atoms with E-state index in [1.165, 1.54) is 13.2 Å². The second-order valence-electron chi connectivity index (χ2n) is 4.90. The number of hydrogen-bond acceptors (Lipinski definition) is 5. The van der Waals surface area contributed by atoms with E-state index in [9.17, 15) is 14.5 Å². The summed E-state index contributed by atoms with van der Waals surface area (Å²) >= 11 is 0. The molecule has 0 amide bonds. The molecule has 2 N–H and O–H groups in total. The van der Waals surface area contributed by atoms with Crippen LogP contribution in [0.15, 0.2) is 12.1 Å². The first-order chi connectivity index (χ1) is 9.52. The number of ether oxygens (including phenoxy) is 1. The van der Waals surface area contributed by atoms with Gasteiger partial charge in [0.05, 0.1) is 18.1 Å². The van der Waals surface area contributed by atoms with Gasteiger partial charge in [-0.25, -0.2) is 4.39 Å². The molecule has 1 saturated heterocycles. The largest absolute Gasteiger partial charge is 0.494 e. The van der Waals surface area contributed by atoms with E-state index < -0.39 is 10.7 Å². The summed E-state index contributed by atoms with van der Waals surface area (Å²) in [4.78, 5) is 10.4. The molecule has 6 nitrogen and oxygen atoms in total. The average molecular weight is 283 g/mol. The molecule has 0 spiro atoms. The Labute approximate surface area is 116 Å². The first kappa shape index (κ1) is 14.5. The summed E-state index contributed by atoms with van der Waals surface area (Å²) in [5.74, 6) is -0.742. The fourth-order valence-electron chi connectivity index (χ4n) is 2.41. The molecule has 1 aromatic carbocycles. The van der Waals surface area contributed by atoms with E-state index in [2.05, 4.69) is 10.6 Å². The number of rotatable bonds is 4. The third kappa shape index (κ3) is 2.98. The van der Waals surface area contributed by atoms with Gasteiger partial charge >= 0.3 is 0 Å². The Morgan fingerprint density at radius 2 is 2.30 bits per heavy atom. The molecule has 2 atom stereocenters. The van der Waals surface area contributed by atoms with Gasteiger partial charge in [0, 0.05) is 18.2 Å². The molecule has 1 fully saturated rings. The Balaban J connectivity index is 2.30. The van der Waals surface area contributed by atoms with Gasteiger partial charge in [-0.05, 0) is 26.3 Å². The summed E-state index contributed by atoms with van der Waals surface area (Å²) < 4.78 is 18.5. The predicted molar refractivity (Wildman–Crippen MR) is 73.7 cm³/mol. The smallest absolute Gasteiger partial charge is 0.295 e. The minimum Gasteiger partial charge on any atom is -0.494 e. The van der Waals surface area contributed by atoms with Crippen molar-refractivity contribution in [2.45, 2.75) is 31.8 Å². The van der Waals surface area contributed by atoms with Crippen molar-refractivity contribution < 1.29 is 14.1 Å². The van der Waals surface area contributed by atoms with Gasteiger partial charge in [0.2, 0.25) is 0 Å². The summed E-state index contributed by atoms with van der Waals surface area (Å²) in [6, 6.07) is 2.49. The van der Waals surface area contributed by atoms with Crippen LogP contribution in [0, 0.1) is 15.9 Å². The van der Waals surface area contributed by atoms with Crippen molar-refractivity contribution in [3.05, 3.63) is 28.1 Å². The van der Waals surface area contributed by atoms with E-state index in [1.807, 2.05) is 6.92 Å². The van der Waals surface area contributed by atoms with E-state index in [4.69, 9.17) is 4.74 Å². The molecule has 0 aliphatic carbocycles. The molecule has 1 aliphatic rings. The van der Waals surface area contributed by atoms with Crippen LogP contribution in [0.25, 0.3) is 0 Å². The van der Waals surface area contributed by atoms with Crippen LogP contribution in [0.3, 0.4) is 0 Å². The lowest BCUT2D eigenvalue weighted by Gasteiger charge is -2.31. The maximum absolute atomic E-state index is 13.6. The molecule has 0 bridgehead atoms. The molecule has 2 rings (SSSR count). The van der Waals surface area contributed by atoms with Crippen LogP contribution in [0.5, 0.6) is 5.75 Å². The third-order valence-corrected chi connectivity index (χ3v) is 3.57. The van der Waals surface area contributed by atoms with Crippen molar-refractivity contribution >= 4 is 11.4 Å². The number of halogens is 1. The van der Waals surface area contributed by atoms with Crippen LogP contribution in [0.2, 0.25) is 0 Å². The van der Waals surface area contributed by atoms with Crippen LogP contribution < -0.4 is 15.4 Å². The summed E-state index contributed by atoms with van der Waals surface area (Å²) in [6.45, 7) is 2.96. The predicted octanol–water partition coefficient (Wildman–Crippen LogP) is 2.29. The Bertz CT molecular complexity index is 510. The monoisotopic (exact) mass is 283 g/mol. The van der Waals surface area contributed by atoms with Gasteiger partial charge in [-0.15, -0.1) is 0 Å². The Hall–Kier alpha value is -1.89. The fourth-order valence-corrected chi connectivity index (χ4v) is 2.41. The van der Waals surface area contributed by atoms with Gasteiger partial charge in [-0.1, -0.05) is 0 Å². The van der Waals surface area contributed by atoms with Crippen molar-refractivity contribution in [3.8, 4) is 5.75 Å². The molecule has 1 aliphatic heterocycles. The van der Waals surface area contributed by atoms with Gasteiger partial charge in [0.1, 0.15) is 5.69 Å². The van der Waals surface area contributed by atoms with Crippen molar-refractivity contribution in [1.82, 2.24) is 5.32 Å². The number of anilines is 1. The van der Waals surface area contributed by atoms with E-state index >= 15 is 0 Å². The Morgan fingerprint density at radius 1 is 1.55 bits per heavy atom. The number of nitrogens with zero attached hydrogens (tertiary/aromatic N) is 1. The van der Waals surface area contributed by atoms with Gasteiger partial charge in [-0.3, -0.25) is 10.1 Å². The van der Waals surface area contributed by atoms with Gasteiger partial charge in [0.15, 0.2) is 11.6 Å². The van der Waals surface area contributed by atoms with Crippen LogP contribution in [-0.4, -0.2) is 30.7 Å². The highest BCUT2D eigenvalue weighted by atomic mass is 19.1. The number of nitro groups is 1. The average Bonchev–Trinajstić information content (AvgIpc) is 2.42.